The van der Waals surface area contributed by atoms with Crippen molar-refractivity contribution in [1.82, 2.24) is 4.72 Å². The zero-order valence-corrected chi connectivity index (χ0v) is 8.74. The van der Waals surface area contributed by atoms with E-state index in [1.54, 1.807) is 13.0 Å². The molecule has 0 aromatic heterocycles. The number of rotatable bonds is 5. The van der Waals surface area contributed by atoms with Crippen molar-refractivity contribution >= 4 is 10.0 Å². The van der Waals surface area contributed by atoms with Crippen LogP contribution in [0.25, 0.3) is 0 Å². The summed E-state index contributed by atoms with van der Waals surface area (Å²) in [6, 6.07) is 0. The zero-order valence-electron chi connectivity index (χ0n) is 7.92. The van der Waals surface area contributed by atoms with Crippen molar-refractivity contribution in [2.45, 2.75) is 33.6 Å². The highest BCUT2D eigenvalue weighted by Crippen LogP contribution is 2.09. The van der Waals surface area contributed by atoms with Gasteiger partial charge in [0.1, 0.15) is 0 Å². The average Bonchev–Trinajstić information content (AvgIpc) is 1.99. The fourth-order valence-electron chi connectivity index (χ4n) is 0.954. The summed E-state index contributed by atoms with van der Waals surface area (Å²) in [7, 11) is -3.17. The maximum atomic E-state index is 11.4. The first-order chi connectivity index (χ1) is 5.58. The molecule has 0 aromatic carbocycles. The molecule has 0 amide bonds. The lowest BCUT2D eigenvalue weighted by atomic mass is 10.3. The van der Waals surface area contributed by atoms with Crippen molar-refractivity contribution in [2.24, 2.45) is 0 Å². The van der Waals surface area contributed by atoms with Crippen LogP contribution in [-0.2, 0) is 10.0 Å². The Labute approximate surface area is 74.9 Å². The first kappa shape index (κ1) is 11.6. The van der Waals surface area contributed by atoms with Crippen LogP contribution >= 0.6 is 0 Å². The quantitative estimate of drug-likeness (QED) is 0.718. The molecule has 0 fully saturated rings. The van der Waals surface area contributed by atoms with Crippen molar-refractivity contribution in [3.05, 3.63) is 11.0 Å². The van der Waals surface area contributed by atoms with Crippen molar-refractivity contribution in [3.8, 4) is 0 Å². The number of hydrogen-bond acceptors (Lipinski definition) is 2. The summed E-state index contributed by atoms with van der Waals surface area (Å²) in [4.78, 5) is 0.492. The number of hydrogen-bond donors (Lipinski definition) is 1. The molecule has 0 aliphatic carbocycles. The number of sulfonamides is 1. The molecule has 0 unspecified atom stereocenters. The predicted molar refractivity (Wildman–Crippen MR) is 51.3 cm³/mol. The summed E-state index contributed by atoms with van der Waals surface area (Å²) in [5, 5.41) is 0. The summed E-state index contributed by atoms with van der Waals surface area (Å²) in [6.07, 6.45) is 3.06. The van der Waals surface area contributed by atoms with Gasteiger partial charge in [-0.05, 0) is 12.8 Å². The molecule has 0 aliphatic rings. The van der Waals surface area contributed by atoms with Gasteiger partial charge in [-0.2, -0.15) is 0 Å². The monoisotopic (exact) mass is 191 g/mol. The van der Waals surface area contributed by atoms with Gasteiger partial charge < -0.3 is 0 Å². The molecule has 0 saturated carbocycles. The van der Waals surface area contributed by atoms with E-state index >= 15 is 0 Å². The van der Waals surface area contributed by atoms with Crippen LogP contribution in [0, 0.1) is 0 Å². The first-order valence-corrected chi connectivity index (χ1v) is 5.75. The van der Waals surface area contributed by atoms with Crippen molar-refractivity contribution in [3.63, 3.8) is 0 Å². The molecule has 0 atom stereocenters. The van der Waals surface area contributed by atoms with E-state index in [1.807, 2.05) is 13.8 Å². The third-order valence-corrected chi connectivity index (χ3v) is 3.27. The summed E-state index contributed by atoms with van der Waals surface area (Å²) < 4.78 is 25.2. The van der Waals surface area contributed by atoms with Crippen LogP contribution in [0.3, 0.4) is 0 Å². The summed E-state index contributed by atoms with van der Waals surface area (Å²) in [5.74, 6) is 0. The number of allylic oxidation sites excluding steroid dienone is 2. The number of nitrogens with one attached hydrogen (secondary N) is 1. The third-order valence-electron chi connectivity index (χ3n) is 1.46. The van der Waals surface area contributed by atoms with Crippen molar-refractivity contribution < 1.29 is 8.42 Å². The fraction of sp³-hybridized carbons (Fsp3) is 0.750. The Bertz CT molecular complexity index is 242. The smallest absolute Gasteiger partial charge is 0.212 e. The minimum absolute atomic E-state index is 0.448. The Morgan fingerprint density at radius 1 is 1.33 bits per heavy atom. The molecule has 0 aliphatic heterocycles. The molecule has 0 saturated heterocycles. The van der Waals surface area contributed by atoms with E-state index < -0.39 is 10.0 Å². The summed E-state index contributed by atoms with van der Waals surface area (Å²) in [6.45, 7) is 5.99. The van der Waals surface area contributed by atoms with E-state index in [2.05, 4.69) is 4.72 Å². The van der Waals surface area contributed by atoms with Crippen LogP contribution in [-0.4, -0.2) is 15.0 Å². The Morgan fingerprint density at radius 3 is 2.25 bits per heavy atom. The van der Waals surface area contributed by atoms with Gasteiger partial charge in [-0.15, -0.1) is 0 Å². The SMILES string of the molecule is CC/C=C(\CC)S(=O)(=O)NCC. The molecule has 0 bridgehead atoms. The van der Waals surface area contributed by atoms with E-state index in [4.69, 9.17) is 0 Å². The highest BCUT2D eigenvalue weighted by Gasteiger charge is 2.12. The average molecular weight is 191 g/mol. The van der Waals surface area contributed by atoms with Gasteiger partial charge >= 0.3 is 0 Å². The minimum Gasteiger partial charge on any atom is -0.212 e. The fourth-order valence-corrected chi connectivity index (χ4v) is 2.29. The largest absolute Gasteiger partial charge is 0.236 e. The normalized spacial score (nSPS) is 13.4. The van der Waals surface area contributed by atoms with Gasteiger partial charge in [-0.25, -0.2) is 13.1 Å². The lowest BCUT2D eigenvalue weighted by molar-refractivity contribution is 0.588. The second-order valence-electron chi connectivity index (χ2n) is 2.43. The second-order valence-corrected chi connectivity index (χ2v) is 4.25. The highest BCUT2D eigenvalue weighted by atomic mass is 32.2. The maximum absolute atomic E-state index is 11.4. The molecule has 12 heavy (non-hydrogen) atoms. The Morgan fingerprint density at radius 2 is 1.92 bits per heavy atom. The van der Waals surface area contributed by atoms with Crippen molar-refractivity contribution in [1.29, 1.82) is 0 Å². The molecule has 0 spiro atoms. The summed E-state index contributed by atoms with van der Waals surface area (Å²) >= 11 is 0. The molecule has 1 N–H and O–H groups in total. The second kappa shape index (κ2) is 5.32. The van der Waals surface area contributed by atoms with Gasteiger partial charge in [0.15, 0.2) is 0 Å². The van der Waals surface area contributed by atoms with Crippen LogP contribution < -0.4 is 4.72 Å². The molecule has 0 radical (unpaired) electrons. The van der Waals surface area contributed by atoms with Gasteiger partial charge in [0.2, 0.25) is 10.0 Å². The standard InChI is InChI=1S/C8H17NO2S/c1-4-7-8(5-2)12(10,11)9-6-3/h7,9H,4-6H2,1-3H3/b8-7+. The zero-order chi connectivity index (χ0) is 9.61. The van der Waals surface area contributed by atoms with E-state index in [9.17, 15) is 8.42 Å². The molecular weight excluding hydrogens is 174 g/mol. The minimum atomic E-state index is -3.17. The Balaban J connectivity index is 4.61. The van der Waals surface area contributed by atoms with Crippen molar-refractivity contribution in [2.75, 3.05) is 6.54 Å². The molecule has 0 rings (SSSR count). The molecular formula is C8H17NO2S. The van der Waals surface area contributed by atoms with E-state index in [-0.39, 0.29) is 0 Å². The third kappa shape index (κ3) is 3.36. The maximum Gasteiger partial charge on any atom is 0.236 e. The van der Waals surface area contributed by atoms with E-state index in [1.165, 1.54) is 0 Å². The predicted octanol–water partition coefficient (Wildman–Crippen LogP) is 1.63. The van der Waals surface area contributed by atoms with Crippen LogP contribution in [0.15, 0.2) is 11.0 Å². The molecule has 0 heterocycles. The molecule has 72 valence electrons. The van der Waals surface area contributed by atoms with Gasteiger partial charge in [-0.3, -0.25) is 0 Å². The van der Waals surface area contributed by atoms with Crippen LogP contribution in [0.2, 0.25) is 0 Å². The molecule has 0 aromatic rings. The Hall–Kier alpha value is -0.350. The van der Waals surface area contributed by atoms with Gasteiger partial charge in [0.05, 0.1) is 4.91 Å². The van der Waals surface area contributed by atoms with Crippen LogP contribution in [0.5, 0.6) is 0 Å². The first-order valence-electron chi connectivity index (χ1n) is 4.27. The molecule has 3 nitrogen and oxygen atoms in total. The van der Waals surface area contributed by atoms with Gasteiger partial charge in [0.25, 0.3) is 0 Å². The molecule has 4 heteroatoms. The lowest BCUT2D eigenvalue weighted by Crippen LogP contribution is -2.24. The highest BCUT2D eigenvalue weighted by molar-refractivity contribution is 7.93. The summed E-state index contributed by atoms with van der Waals surface area (Å²) in [5.41, 5.74) is 0. The lowest BCUT2D eigenvalue weighted by Gasteiger charge is -2.06. The topological polar surface area (TPSA) is 46.2 Å². The van der Waals surface area contributed by atoms with Crippen LogP contribution in [0.4, 0.5) is 0 Å². The van der Waals surface area contributed by atoms with Gasteiger partial charge in [0, 0.05) is 6.54 Å². The van der Waals surface area contributed by atoms with E-state index in [0.29, 0.717) is 17.9 Å². The van der Waals surface area contributed by atoms with E-state index in [0.717, 1.165) is 6.42 Å². The Kier molecular flexibility index (Phi) is 5.17. The van der Waals surface area contributed by atoms with Crippen LogP contribution in [0.1, 0.15) is 33.6 Å². The van der Waals surface area contributed by atoms with Gasteiger partial charge in [-0.1, -0.05) is 26.8 Å².